The highest BCUT2D eigenvalue weighted by Gasteiger charge is 2.33. The molecule has 1 aromatic carbocycles. The number of nitrogens with zero attached hydrogens (tertiary/aromatic N) is 1. The van der Waals surface area contributed by atoms with Gasteiger partial charge in [-0.1, -0.05) is 17.7 Å². The van der Waals surface area contributed by atoms with E-state index >= 15 is 0 Å². The first kappa shape index (κ1) is 14.7. The highest BCUT2D eigenvalue weighted by Crippen LogP contribution is 2.35. The van der Waals surface area contributed by atoms with Gasteiger partial charge in [0.25, 0.3) is 5.56 Å². The van der Waals surface area contributed by atoms with Crippen molar-refractivity contribution in [3.8, 4) is 0 Å². The van der Waals surface area contributed by atoms with E-state index in [1.54, 1.807) is 13.8 Å². The second kappa shape index (κ2) is 5.01. The average Bonchev–Trinajstić information content (AvgIpc) is 2.58. The molecule has 0 unspecified atom stereocenters. The summed E-state index contributed by atoms with van der Waals surface area (Å²) < 4.78 is 39.5. The van der Waals surface area contributed by atoms with Gasteiger partial charge in [0.1, 0.15) is 0 Å². The van der Waals surface area contributed by atoms with Crippen LogP contribution in [0.25, 0.3) is 0 Å². The molecule has 2 rings (SSSR count). The molecule has 20 heavy (non-hydrogen) atoms. The summed E-state index contributed by atoms with van der Waals surface area (Å²) in [7, 11) is 0. The molecule has 2 aromatic rings. The van der Waals surface area contributed by atoms with E-state index < -0.39 is 11.7 Å². The normalized spacial score (nSPS) is 11.9. The molecule has 1 N–H and O–H groups in total. The van der Waals surface area contributed by atoms with Crippen molar-refractivity contribution in [2.24, 2.45) is 0 Å². The van der Waals surface area contributed by atoms with Crippen molar-refractivity contribution < 1.29 is 13.2 Å². The summed E-state index contributed by atoms with van der Waals surface area (Å²) in [5.41, 5.74) is 0.454. The van der Waals surface area contributed by atoms with E-state index in [0.29, 0.717) is 16.8 Å². The molecule has 0 radical (unpaired) electrons. The number of nitrogens with one attached hydrogen (secondary N) is 1. The number of benzene rings is 1. The topological polar surface area (TPSA) is 37.8 Å². The molecule has 0 aliphatic heterocycles. The zero-order chi connectivity index (χ0) is 15.1. The number of alkyl halides is 3. The minimum Gasteiger partial charge on any atom is -0.299 e. The monoisotopic (exact) mass is 304 g/mol. The molecule has 0 atom stereocenters. The van der Waals surface area contributed by atoms with Crippen LogP contribution < -0.4 is 5.56 Å². The number of aromatic nitrogens is 2. The van der Waals surface area contributed by atoms with Crippen molar-refractivity contribution in [2.75, 3.05) is 0 Å². The average molecular weight is 305 g/mol. The summed E-state index contributed by atoms with van der Waals surface area (Å²) in [6, 6.07) is 3.61. The molecule has 7 heteroatoms. The molecule has 0 spiro atoms. The van der Waals surface area contributed by atoms with E-state index in [2.05, 4.69) is 5.10 Å². The molecule has 3 nitrogen and oxygen atoms in total. The van der Waals surface area contributed by atoms with E-state index in [1.165, 1.54) is 16.8 Å². The molecular weight excluding hydrogens is 293 g/mol. The number of H-pyrrole nitrogens is 1. The number of aryl methyl sites for hydroxylation is 1. The highest BCUT2D eigenvalue weighted by molar-refractivity contribution is 6.31. The maximum Gasteiger partial charge on any atom is 0.417 e. The fraction of sp³-hybridized carbons (Fsp3) is 0.308. The zero-order valence-corrected chi connectivity index (χ0v) is 11.6. The van der Waals surface area contributed by atoms with Gasteiger partial charge in [-0.3, -0.25) is 9.89 Å². The third-order valence-corrected chi connectivity index (χ3v) is 3.44. The van der Waals surface area contributed by atoms with Crippen LogP contribution in [0.3, 0.4) is 0 Å². The van der Waals surface area contributed by atoms with Gasteiger partial charge in [0.15, 0.2) is 0 Å². The molecule has 0 aliphatic rings. The molecule has 0 saturated carbocycles. The Balaban J connectivity index is 2.40. The Morgan fingerprint density at radius 3 is 2.45 bits per heavy atom. The lowest BCUT2D eigenvalue weighted by Gasteiger charge is -2.11. The van der Waals surface area contributed by atoms with Gasteiger partial charge in [-0.15, -0.1) is 0 Å². The van der Waals surface area contributed by atoms with Crippen LogP contribution in [0.4, 0.5) is 13.2 Å². The SMILES string of the molecule is Cc1[nH]n(Cc2ccc(Cl)c(C(F)(F)F)c2)c(=O)c1C. The Hall–Kier alpha value is -1.69. The minimum atomic E-state index is -4.51. The summed E-state index contributed by atoms with van der Waals surface area (Å²) in [6.45, 7) is 3.43. The lowest BCUT2D eigenvalue weighted by Crippen LogP contribution is -2.19. The van der Waals surface area contributed by atoms with E-state index in [1.807, 2.05) is 0 Å². The van der Waals surface area contributed by atoms with Crippen LogP contribution in [-0.4, -0.2) is 9.78 Å². The predicted molar refractivity (Wildman–Crippen MR) is 70.1 cm³/mol. The molecule has 0 aliphatic carbocycles. The molecule has 1 aromatic heterocycles. The lowest BCUT2D eigenvalue weighted by molar-refractivity contribution is -0.137. The van der Waals surface area contributed by atoms with Crippen molar-refractivity contribution in [1.29, 1.82) is 0 Å². The smallest absolute Gasteiger partial charge is 0.299 e. The van der Waals surface area contributed by atoms with Crippen LogP contribution in [0.1, 0.15) is 22.4 Å². The number of hydrogen-bond donors (Lipinski definition) is 1. The van der Waals surface area contributed by atoms with E-state index in [0.717, 1.165) is 6.07 Å². The second-order valence-electron chi connectivity index (χ2n) is 4.57. The molecule has 0 amide bonds. The quantitative estimate of drug-likeness (QED) is 0.906. The summed E-state index contributed by atoms with van der Waals surface area (Å²) >= 11 is 5.55. The Morgan fingerprint density at radius 1 is 1.30 bits per heavy atom. The van der Waals surface area contributed by atoms with Crippen LogP contribution in [0.15, 0.2) is 23.0 Å². The zero-order valence-electron chi connectivity index (χ0n) is 10.8. The summed E-state index contributed by atoms with van der Waals surface area (Å²) in [4.78, 5) is 11.8. The van der Waals surface area contributed by atoms with Gasteiger partial charge in [0.05, 0.1) is 17.1 Å². The maximum absolute atomic E-state index is 12.8. The summed E-state index contributed by atoms with van der Waals surface area (Å²) in [6.07, 6.45) is -4.51. The van der Waals surface area contributed by atoms with Crippen molar-refractivity contribution in [1.82, 2.24) is 9.78 Å². The van der Waals surface area contributed by atoms with E-state index in [-0.39, 0.29) is 17.1 Å². The van der Waals surface area contributed by atoms with Crippen molar-refractivity contribution in [3.05, 3.63) is 56.0 Å². The molecule has 0 fully saturated rings. The van der Waals surface area contributed by atoms with Crippen LogP contribution in [0, 0.1) is 13.8 Å². The van der Waals surface area contributed by atoms with Gasteiger partial charge in [-0.05, 0) is 31.5 Å². The molecule has 0 saturated heterocycles. The number of rotatable bonds is 2. The number of hydrogen-bond acceptors (Lipinski definition) is 1. The summed E-state index contributed by atoms with van der Waals surface area (Å²) in [5, 5.41) is 2.47. The van der Waals surface area contributed by atoms with Gasteiger partial charge in [-0.2, -0.15) is 13.2 Å². The third kappa shape index (κ3) is 2.75. The minimum absolute atomic E-state index is 0.0355. The fourth-order valence-electron chi connectivity index (χ4n) is 1.88. The van der Waals surface area contributed by atoms with E-state index in [9.17, 15) is 18.0 Å². The van der Waals surface area contributed by atoms with Crippen LogP contribution in [0.5, 0.6) is 0 Å². The Labute approximate surface area is 118 Å². The van der Waals surface area contributed by atoms with Crippen LogP contribution >= 0.6 is 11.6 Å². The van der Waals surface area contributed by atoms with Gasteiger partial charge in [0, 0.05) is 11.3 Å². The van der Waals surface area contributed by atoms with Crippen molar-refractivity contribution in [2.45, 2.75) is 26.6 Å². The first-order valence-electron chi connectivity index (χ1n) is 5.82. The highest BCUT2D eigenvalue weighted by atomic mass is 35.5. The number of halogens is 4. The predicted octanol–water partition coefficient (Wildman–Crippen LogP) is 3.51. The fourth-order valence-corrected chi connectivity index (χ4v) is 2.11. The largest absolute Gasteiger partial charge is 0.417 e. The molecule has 0 bridgehead atoms. The Kier molecular flexibility index (Phi) is 3.69. The third-order valence-electron chi connectivity index (χ3n) is 3.11. The molecule has 108 valence electrons. The van der Waals surface area contributed by atoms with Crippen LogP contribution in [-0.2, 0) is 12.7 Å². The molecule has 1 heterocycles. The first-order valence-corrected chi connectivity index (χ1v) is 6.19. The van der Waals surface area contributed by atoms with Gasteiger partial charge in [-0.25, -0.2) is 4.68 Å². The van der Waals surface area contributed by atoms with Gasteiger partial charge < -0.3 is 0 Å². The first-order chi connectivity index (χ1) is 9.20. The standard InChI is InChI=1S/C13H12ClF3N2O/c1-7-8(2)18-19(12(7)20)6-9-3-4-11(14)10(5-9)13(15,16)17/h3-5,18H,6H2,1-2H3. The maximum atomic E-state index is 12.8. The molecular formula is C13H12ClF3N2O. The Morgan fingerprint density at radius 2 is 1.95 bits per heavy atom. The lowest BCUT2D eigenvalue weighted by atomic mass is 10.1. The van der Waals surface area contributed by atoms with Crippen molar-refractivity contribution >= 4 is 11.6 Å². The number of aromatic amines is 1. The van der Waals surface area contributed by atoms with Gasteiger partial charge in [0.2, 0.25) is 0 Å². The van der Waals surface area contributed by atoms with Crippen LogP contribution in [0.2, 0.25) is 5.02 Å². The Bertz CT molecular complexity index is 701. The van der Waals surface area contributed by atoms with Crippen molar-refractivity contribution in [3.63, 3.8) is 0 Å². The van der Waals surface area contributed by atoms with Gasteiger partial charge >= 0.3 is 6.18 Å². The van der Waals surface area contributed by atoms with E-state index in [4.69, 9.17) is 11.6 Å². The second-order valence-corrected chi connectivity index (χ2v) is 4.97. The summed E-state index contributed by atoms with van der Waals surface area (Å²) in [5.74, 6) is 0.